The number of H-pyrrole nitrogens is 1. The Morgan fingerprint density at radius 3 is 2.93 bits per heavy atom. The summed E-state index contributed by atoms with van der Waals surface area (Å²) in [5, 5.41) is 9.48. The lowest BCUT2D eigenvalue weighted by Gasteiger charge is -2.23. The second-order valence-electron chi connectivity index (χ2n) is 7.33. The molecule has 1 unspecified atom stereocenters. The molecule has 0 bridgehead atoms. The standard InChI is InChI=1S/C21H24N4O3/c1-14-12-15(26)13-20(28)24(14)10-5-9-19(27)25-11-4-8-18(25)21-22-16-6-2-3-7-17(16)23-21/h2-3,6-7,12-13,18,26H,4-5,8-11H2,1H3,(H,22,23). The van der Waals surface area contributed by atoms with Gasteiger partial charge in [0.2, 0.25) is 5.91 Å². The average Bonchev–Trinajstić information content (AvgIpc) is 3.29. The number of likely N-dealkylation sites (tertiary alicyclic amines) is 1. The first kappa shape index (κ1) is 18.3. The zero-order valence-corrected chi connectivity index (χ0v) is 15.9. The first-order chi connectivity index (χ1) is 13.5. The summed E-state index contributed by atoms with van der Waals surface area (Å²) >= 11 is 0. The van der Waals surface area contributed by atoms with Crippen LogP contribution in [-0.2, 0) is 11.3 Å². The summed E-state index contributed by atoms with van der Waals surface area (Å²) in [7, 11) is 0. The van der Waals surface area contributed by atoms with Crippen LogP contribution in [0.2, 0.25) is 0 Å². The number of para-hydroxylation sites is 2. The fraction of sp³-hybridized carbons (Fsp3) is 0.381. The highest BCUT2D eigenvalue weighted by Crippen LogP contribution is 2.32. The predicted molar refractivity (Wildman–Crippen MR) is 106 cm³/mol. The molecule has 146 valence electrons. The highest BCUT2D eigenvalue weighted by Gasteiger charge is 2.31. The van der Waals surface area contributed by atoms with E-state index >= 15 is 0 Å². The van der Waals surface area contributed by atoms with Gasteiger partial charge >= 0.3 is 0 Å². The normalized spacial score (nSPS) is 16.8. The molecule has 1 aromatic carbocycles. The Morgan fingerprint density at radius 1 is 1.32 bits per heavy atom. The van der Waals surface area contributed by atoms with Gasteiger partial charge in [-0.25, -0.2) is 4.98 Å². The minimum absolute atomic E-state index is 0.0157. The van der Waals surface area contributed by atoms with Crippen LogP contribution in [0, 0.1) is 6.92 Å². The summed E-state index contributed by atoms with van der Waals surface area (Å²) in [6.07, 6.45) is 2.82. The summed E-state index contributed by atoms with van der Waals surface area (Å²) in [6, 6.07) is 10.6. The zero-order valence-electron chi connectivity index (χ0n) is 15.9. The van der Waals surface area contributed by atoms with Gasteiger partial charge in [0.15, 0.2) is 0 Å². The van der Waals surface area contributed by atoms with Crippen molar-refractivity contribution in [2.24, 2.45) is 0 Å². The van der Waals surface area contributed by atoms with Crippen LogP contribution >= 0.6 is 0 Å². The Balaban J connectivity index is 1.42. The molecule has 2 N–H and O–H groups in total. The van der Waals surface area contributed by atoms with Gasteiger partial charge in [-0.3, -0.25) is 9.59 Å². The SMILES string of the molecule is Cc1cc(O)cc(=O)n1CCCC(=O)N1CCCC1c1nc2ccccc2[nH]1. The van der Waals surface area contributed by atoms with Gasteiger partial charge in [-0.15, -0.1) is 0 Å². The second-order valence-corrected chi connectivity index (χ2v) is 7.33. The van der Waals surface area contributed by atoms with E-state index < -0.39 is 0 Å². The maximum atomic E-state index is 12.8. The molecule has 28 heavy (non-hydrogen) atoms. The van der Waals surface area contributed by atoms with Crippen LogP contribution in [0.5, 0.6) is 5.75 Å². The van der Waals surface area contributed by atoms with E-state index in [1.54, 1.807) is 17.6 Å². The number of amides is 1. The van der Waals surface area contributed by atoms with Gasteiger partial charge in [-0.05, 0) is 44.4 Å². The number of hydrogen-bond donors (Lipinski definition) is 2. The highest BCUT2D eigenvalue weighted by molar-refractivity contribution is 5.78. The van der Waals surface area contributed by atoms with Crippen LogP contribution < -0.4 is 5.56 Å². The molecule has 2 aromatic heterocycles. The van der Waals surface area contributed by atoms with Crippen molar-refractivity contribution in [3.05, 3.63) is 58.3 Å². The molecule has 7 heteroatoms. The largest absolute Gasteiger partial charge is 0.508 e. The van der Waals surface area contributed by atoms with Crippen LogP contribution in [0.3, 0.4) is 0 Å². The predicted octanol–water partition coefficient (Wildman–Crippen LogP) is 2.88. The Labute approximate surface area is 162 Å². The van der Waals surface area contributed by atoms with Gasteiger partial charge in [-0.2, -0.15) is 0 Å². The van der Waals surface area contributed by atoms with Gasteiger partial charge in [0, 0.05) is 31.3 Å². The van der Waals surface area contributed by atoms with Gasteiger partial charge in [0.05, 0.1) is 17.1 Å². The number of fused-ring (bicyclic) bond motifs is 1. The van der Waals surface area contributed by atoms with Crippen molar-refractivity contribution >= 4 is 16.9 Å². The van der Waals surface area contributed by atoms with Crippen molar-refractivity contribution in [2.75, 3.05) is 6.54 Å². The molecule has 1 fully saturated rings. The van der Waals surface area contributed by atoms with Crippen molar-refractivity contribution in [3.8, 4) is 5.75 Å². The molecule has 0 radical (unpaired) electrons. The smallest absolute Gasteiger partial charge is 0.254 e. The van der Waals surface area contributed by atoms with E-state index in [2.05, 4.69) is 9.97 Å². The van der Waals surface area contributed by atoms with Gasteiger partial charge in [0.1, 0.15) is 11.6 Å². The lowest BCUT2D eigenvalue weighted by atomic mass is 10.2. The number of pyridine rings is 1. The number of nitrogens with one attached hydrogen (secondary N) is 1. The number of nitrogens with zero attached hydrogens (tertiary/aromatic N) is 3. The number of aryl methyl sites for hydroxylation is 1. The third-order valence-electron chi connectivity index (χ3n) is 5.39. The van der Waals surface area contributed by atoms with E-state index in [-0.39, 0.29) is 23.3 Å². The van der Waals surface area contributed by atoms with Crippen LogP contribution in [0.15, 0.2) is 41.2 Å². The Bertz CT molecular complexity index is 1040. The average molecular weight is 380 g/mol. The first-order valence-corrected chi connectivity index (χ1v) is 9.67. The topological polar surface area (TPSA) is 91.2 Å². The quantitative estimate of drug-likeness (QED) is 0.712. The Hall–Kier alpha value is -3.09. The lowest BCUT2D eigenvalue weighted by Crippen LogP contribution is -2.31. The molecule has 1 saturated heterocycles. The van der Waals surface area contributed by atoms with E-state index in [9.17, 15) is 14.7 Å². The van der Waals surface area contributed by atoms with Crippen molar-refractivity contribution in [1.29, 1.82) is 0 Å². The summed E-state index contributed by atoms with van der Waals surface area (Å²) in [4.78, 5) is 34.8. The van der Waals surface area contributed by atoms with E-state index in [1.807, 2.05) is 29.2 Å². The molecule has 1 aliphatic rings. The Morgan fingerprint density at radius 2 is 2.14 bits per heavy atom. The molecule has 3 aromatic rings. The zero-order chi connectivity index (χ0) is 19.7. The molecule has 4 rings (SSSR count). The third-order valence-corrected chi connectivity index (χ3v) is 5.39. The van der Waals surface area contributed by atoms with Crippen molar-refractivity contribution in [2.45, 2.75) is 45.2 Å². The number of aromatic amines is 1. The number of benzene rings is 1. The molecule has 0 spiro atoms. The summed E-state index contributed by atoms with van der Waals surface area (Å²) in [5.74, 6) is 0.908. The summed E-state index contributed by atoms with van der Waals surface area (Å²) in [5.41, 5.74) is 2.35. The number of carbonyl (C=O) groups is 1. The lowest BCUT2D eigenvalue weighted by molar-refractivity contribution is -0.132. The first-order valence-electron chi connectivity index (χ1n) is 9.67. The van der Waals surface area contributed by atoms with Crippen LogP contribution in [0.4, 0.5) is 0 Å². The molecule has 3 heterocycles. The third kappa shape index (κ3) is 3.52. The highest BCUT2D eigenvalue weighted by atomic mass is 16.3. The summed E-state index contributed by atoms with van der Waals surface area (Å²) in [6.45, 7) is 2.97. The van der Waals surface area contributed by atoms with E-state index in [0.29, 0.717) is 25.1 Å². The van der Waals surface area contributed by atoms with Gasteiger partial charge in [0.25, 0.3) is 5.56 Å². The molecule has 1 aliphatic heterocycles. The monoisotopic (exact) mass is 380 g/mol. The maximum absolute atomic E-state index is 12.8. The fourth-order valence-electron chi connectivity index (χ4n) is 4.01. The van der Waals surface area contributed by atoms with Crippen LogP contribution in [-0.4, -0.2) is 37.0 Å². The number of rotatable bonds is 5. The second kappa shape index (κ2) is 7.50. The Kier molecular flexibility index (Phi) is 4.90. The number of aromatic hydroxyl groups is 1. The van der Waals surface area contributed by atoms with E-state index in [4.69, 9.17) is 0 Å². The number of aromatic nitrogens is 3. The molecule has 1 atom stereocenters. The molecule has 1 amide bonds. The number of carbonyl (C=O) groups excluding carboxylic acids is 1. The van der Waals surface area contributed by atoms with E-state index in [1.165, 1.54) is 6.07 Å². The van der Waals surface area contributed by atoms with Gasteiger partial charge < -0.3 is 19.6 Å². The van der Waals surface area contributed by atoms with Crippen LogP contribution in [0.1, 0.15) is 43.2 Å². The summed E-state index contributed by atoms with van der Waals surface area (Å²) < 4.78 is 1.59. The number of imidazole rings is 1. The molecule has 0 saturated carbocycles. The minimum Gasteiger partial charge on any atom is -0.508 e. The fourth-order valence-corrected chi connectivity index (χ4v) is 4.01. The maximum Gasteiger partial charge on any atom is 0.254 e. The van der Waals surface area contributed by atoms with E-state index in [0.717, 1.165) is 36.2 Å². The van der Waals surface area contributed by atoms with Gasteiger partial charge in [-0.1, -0.05) is 12.1 Å². The molecule has 7 nitrogen and oxygen atoms in total. The molecule has 0 aliphatic carbocycles. The number of hydrogen-bond acceptors (Lipinski definition) is 4. The van der Waals surface area contributed by atoms with Crippen molar-refractivity contribution < 1.29 is 9.90 Å². The minimum atomic E-state index is -0.244. The molecular weight excluding hydrogens is 356 g/mol. The van der Waals surface area contributed by atoms with Crippen molar-refractivity contribution in [3.63, 3.8) is 0 Å². The van der Waals surface area contributed by atoms with Crippen LogP contribution in [0.25, 0.3) is 11.0 Å². The van der Waals surface area contributed by atoms with Crippen molar-refractivity contribution in [1.82, 2.24) is 19.4 Å². The molecular formula is C21H24N4O3.